The molecule has 7 aromatic carbocycles. The normalized spacial score (nSPS) is 12.4. The van der Waals surface area contributed by atoms with Crippen LogP contribution < -0.4 is 4.74 Å². The number of para-hydroxylation sites is 3. The summed E-state index contributed by atoms with van der Waals surface area (Å²) < 4.78 is 11.0. The van der Waals surface area contributed by atoms with Gasteiger partial charge in [0.25, 0.3) is 0 Å². The molecule has 0 spiro atoms. The molecule has 1 aliphatic heterocycles. The van der Waals surface area contributed by atoms with Crippen LogP contribution in [0.2, 0.25) is 0 Å². The molecule has 0 aliphatic carbocycles. The summed E-state index contributed by atoms with van der Waals surface area (Å²) in [5, 5.41) is 8.06. The van der Waals surface area contributed by atoms with Crippen LogP contribution in [-0.2, 0) is 0 Å². The molecule has 0 bridgehead atoms. The second-order valence-corrected chi connectivity index (χ2v) is 12.2. The minimum Gasteiger partial charge on any atom is -0.456 e. The van der Waals surface area contributed by atoms with Crippen molar-refractivity contribution >= 4 is 65.3 Å². The van der Waals surface area contributed by atoms with Crippen molar-refractivity contribution in [3.05, 3.63) is 146 Å². The quantitative estimate of drug-likeness (QED) is 0.198. The van der Waals surface area contributed by atoms with Crippen LogP contribution in [0.25, 0.3) is 88.2 Å². The fraction of sp³-hybridized carbons (Fsp3) is 0. The molecule has 4 heterocycles. The number of hydrogen-bond acceptors (Lipinski definition) is 3. The average molecular weight is 601 g/mol. The van der Waals surface area contributed by atoms with E-state index in [-0.39, 0.29) is 0 Å². The summed E-state index contributed by atoms with van der Waals surface area (Å²) in [5.41, 5.74) is 8.35. The van der Waals surface area contributed by atoms with Gasteiger partial charge in [-0.3, -0.25) is 4.57 Å². The third kappa shape index (κ3) is 3.27. The first-order valence-corrected chi connectivity index (χ1v) is 15.9. The van der Waals surface area contributed by atoms with Gasteiger partial charge in [-0.15, -0.1) is 0 Å². The smallest absolute Gasteiger partial charge is 0.235 e. The summed E-state index contributed by atoms with van der Waals surface area (Å²) in [5.74, 6) is 2.22. The van der Waals surface area contributed by atoms with E-state index in [9.17, 15) is 0 Å². The molecule has 0 atom stereocenters. The molecular formula is C42H24N4O. The Morgan fingerprint density at radius 2 is 1.21 bits per heavy atom. The highest BCUT2D eigenvalue weighted by Crippen LogP contribution is 2.47. The summed E-state index contributed by atoms with van der Waals surface area (Å²) in [6.07, 6.45) is 0. The molecule has 0 radical (unpaired) electrons. The Bertz CT molecular complexity index is 2940. The molecule has 5 heteroatoms. The first kappa shape index (κ1) is 24.8. The molecule has 0 fully saturated rings. The number of aromatic nitrogens is 4. The Kier molecular flexibility index (Phi) is 4.78. The lowest BCUT2D eigenvalue weighted by Crippen LogP contribution is -2.06. The second-order valence-electron chi connectivity index (χ2n) is 12.2. The molecular weight excluding hydrogens is 576 g/mol. The molecule has 3 aromatic heterocycles. The highest BCUT2D eigenvalue weighted by Gasteiger charge is 2.26. The van der Waals surface area contributed by atoms with Crippen LogP contribution in [0.1, 0.15) is 0 Å². The lowest BCUT2D eigenvalue weighted by molar-refractivity contribution is 0.486. The average Bonchev–Trinajstić information content (AvgIpc) is 3.65. The largest absolute Gasteiger partial charge is 0.456 e. The predicted octanol–water partition coefficient (Wildman–Crippen LogP) is 10.7. The van der Waals surface area contributed by atoms with Crippen molar-refractivity contribution in [1.29, 1.82) is 0 Å². The minimum atomic E-state index is 0.638. The number of nitrogens with zero attached hydrogens (tertiary/aromatic N) is 4. The predicted molar refractivity (Wildman–Crippen MR) is 191 cm³/mol. The monoisotopic (exact) mass is 600 g/mol. The minimum absolute atomic E-state index is 0.638. The molecule has 0 amide bonds. The van der Waals surface area contributed by atoms with Gasteiger partial charge in [-0.25, -0.2) is 9.97 Å². The van der Waals surface area contributed by atoms with E-state index in [1.807, 2.05) is 30.3 Å². The SMILES string of the molecule is c1ccc(-n2c3ccccc3c3ccc4c(c5ccc6ccccc6c5n4-c4nc5c6c(cccc6n4)Oc4ccccc4-5)c32)cc1. The first-order valence-electron chi connectivity index (χ1n) is 15.9. The van der Waals surface area contributed by atoms with Crippen molar-refractivity contribution in [3.63, 3.8) is 0 Å². The second kappa shape index (κ2) is 9.05. The molecule has 0 unspecified atom stereocenters. The summed E-state index contributed by atoms with van der Waals surface area (Å²) in [6.45, 7) is 0. The maximum absolute atomic E-state index is 6.32. The molecule has 11 rings (SSSR count). The Balaban J connectivity index is 1.37. The van der Waals surface area contributed by atoms with Gasteiger partial charge >= 0.3 is 0 Å². The maximum atomic E-state index is 6.32. The van der Waals surface area contributed by atoms with Gasteiger partial charge in [0.05, 0.1) is 38.7 Å². The van der Waals surface area contributed by atoms with Crippen LogP contribution in [0.4, 0.5) is 0 Å². The van der Waals surface area contributed by atoms with Crippen molar-refractivity contribution in [2.45, 2.75) is 0 Å². The van der Waals surface area contributed by atoms with Gasteiger partial charge in [0.1, 0.15) is 11.5 Å². The Hall–Kier alpha value is -6.46. The van der Waals surface area contributed by atoms with Crippen LogP contribution in [0.3, 0.4) is 0 Å². The van der Waals surface area contributed by atoms with E-state index in [0.717, 1.165) is 55.8 Å². The summed E-state index contributed by atoms with van der Waals surface area (Å²) in [7, 11) is 0. The highest BCUT2D eigenvalue weighted by molar-refractivity contribution is 6.29. The van der Waals surface area contributed by atoms with Crippen LogP contribution in [-0.4, -0.2) is 19.1 Å². The van der Waals surface area contributed by atoms with Crippen molar-refractivity contribution in [2.75, 3.05) is 0 Å². The molecule has 47 heavy (non-hydrogen) atoms. The topological polar surface area (TPSA) is 44.9 Å². The van der Waals surface area contributed by atoms with Crippen LogP contribution in [0.5, 0.6) is 11.5 Å². The summed E-state index contributed by atoms with van der Waals surface area (Å²) in [4.78, 5) is 10.7. The zero-order valence-electron chi connectivity index (χ0n) is 25.1. The third-order valence-corrected chi connectivity index (χ3v) is 9.70. The van der Waals surface area contributed by atoms with E-state index in [1.54, 1.807) is 0 Å². The Labute approximate surface area is 268 Å². The molecule has 10 aromatic rings. The first-order chi connectivity index (χ1) is 23.3. The Morgan fingerprint density at radius 3 is 2.15 bits per heavy atom. The van der Waals surface area contributed by atoms with Crippen LogP contribution in [0.15, 0.2) is 146 Å². The van der Waals surface area contributed by atoms with Gasteiger partial charge in [-0.1, -0.05) is 97.1 Å². The number of ether oxygens (including phenoxy) is 1. The third-order valence-electron chi connectivity index (χ3n) is 9.70. The van der Waals surface area contributed by atoms with Gasteiger partial charge in [-0.05, 0) is 53.9 Å². The van der Waals surface area contributed by atoms with E-state index >= 15 is 0 Å². The van der Waals surface area contributed by atoms with E-state index in [1.165, 1.54) is 38.0 Å². The fourth-order valence-electron chi connectivity index (χ4n) is 7.76. The van der Waals surface area contributed by atoms with Gasteiger partial charge in [0.2, 0.25) is 5.95 Å². The lowest BCUT2D eigenvalue weighted by atomic mass is 10.0. The zero-order valence-corrected chi connectivity index (χ0v) is 25.1. The fourth-order valence-corrected chi connectivity index (χ4v) is 7.76. The van der Waals surface area contributed by atoms with Crippen molar-refractivity contribution in [2.24, 2.45) is 0 Å². The van der Waals surface area contributed by atoms with Gasteiger partial charge in [0, 0.05) is 38.2 Å². The Morgan fingerprint density at radius 1 is 0.447 bits per heavy atom. The van der Waals surface area contributed by atoms with Crippen LogP contribution >= 0.6 is 0 Å². The van der Waals surface area contributed by atoms with Gasteiger partial charge in [0.15, 0.2) is 0 Å². The van der Waals surface area contributed by atoms with Gasteiger partial charge < -0.3 is 9.30 Å². The van der Waals surface area contributed by atoms with Crippen molar-refractivity contribution in [1.82, 2.24) is 19.1 Å². The van der Waals surface area contributed by atoms with E-state index in [2.05, 4.69) is 124 Å². The maximum Gasteiger partial charge on any atom is 0.235 e. The molecule has 218 valence electrons. The number of rotatable bonds is 2. The summed E-state index contributed by atoms with van der Waals surface area (Å²) >= 11 is 0. The molecule has 5 nitrogen and oxygen atoms in total. The molecule has 0 saturated heterocycles. The molecule has 0 N–H and O–H groups in total. The highest BCUT2D eigenvalue weighted by atomic mass is 16.5. The molecule has 1 aliphatic rings. The van der Waals surface area contributed by atoms with Crippen LogP contribution in [0, 0.1) is 0 Å². The van der Waals surface area contributed by atoms with Crippen molar-refractivity contribution < 1.29 is 4.74 Å². The zero-order chi connectivity index (χ0) is 30.6. The summed E-state index contributed by atoms with van der Waals surface area (Å²) in [6, 6.07) is 51.2. The number of fused-ring (bicyclic) bond motifs is 11. The number of benzene rings is 7. The van der Waals surface area contributed by atoms with E-state index in [0.29, 0.717) is 5.95 Å². The standard InChI is InChI=1S/C42H24N4O/c1-2-12-26(13-3-1)45-33-18-8-6-15-28(33)29-23-24-34-37(41(29)45)31-22-21-25-11-4-5-14-27(25)40(31)46(34)42-43-32-17-10-20-36-38(32)39(44-42)30-16-7-9-19-35(30)47-36/h1-24H. The van der Waals surface area contributed by atoms with E-state index < -0.39 is 0 Å². The van der Waals surface area contributed by atoms with Gasteiger partial charge in [-0.2, -0.15) is 0 Å². The molecule has 0 saturated carbocycles. The number of hydrogen-bond donors (Lipinski definition) is 0. The lowest BCUT2D eigenvalue weighted by Gasteiger charge is -2.21. The van der Waals surface area contributed by atoms with Crippen molar-refractivity contribution in [3.8, 4) is 34.4 Å². The van der Waals surface area contributed by atoms with E-state index in [4.69, 9.17) is 14.7 Å².